The summed E-state index contributed by atoms with van der Waals surface area (Å²) in [5.74, 6) is 0.544. The number of rotatable bonds is 6. The number of carbonyl (C=O) groups is 2. The van der Waals surface area contributed by atoms with Crippen LogP contribution in [0.2, 0.25) is 0 Å². The van der Waals surface area contributed by atoms with Gasteiger partial charge in [-0.2, -0.15) is 0 Å². The van der Waals surface area contributed by atoms with Crippen LogP contribution in [0.25, 0.3) is 0 Å². The molecule has 1 saturated heterocycles. The second kappa shape index (κ2) is 10.5. The highest BCUT2D eigenvalue weighted by molar-refractivity contribution is 8.00. The Balaban J connectivity index is 0.00000264. The van der Waals surface area contributed by atoms with Crippen LogP contribution in [0.3, 0.4) is 0 Å². The quantitative estimate of drug-likeness (QED) is 0.728. The van der Waals surface area contributed by atoms with Crippen LogP contribution < -0.4 is 16.0 Å². The number of anilines is 1. The number of piperidine rings is 1. The lowest BCUT2D eigenvalue weighted by Gasteiger charge is -2.23. The van der Waals surface area contributed by atoms with Gasteiger partial charge < -0.3 is 16.0 Å². The molecule has 1 heterocycles. The summed E-state index contributed by atoms with van der Waals surface area (Å²) in [6.45, 7) is 3.91. The molecule has 0 unspecified atom stereocenters. The normalized spacial score (nSPS) is 14.7. The van der Waals surface area contributed by atoms with Crippen LogP contribution in [-0.4, -0.2) is 42.5 Å². The molecule has 128 valence electrons. The van der Waals surface area contributed by atoms with E-state index in [9.17, 15) is 9.59 Å². The summed E-state index contributed by atoms with van der Waals surface area (Å²) in [4.78, 5) is 23.6. The van der Waals surface area contributed by atoms with E-state index in [1.807, 2.05) is 31.2 Å². The molecule has 1 aromatic carbocycles. The zero-order valence-electron chi connectivity index (χ0n) is 13.3. The van der Waals surface area contributed by atoms with Gasteiger partial charge in [-0.05, 0) is 45.0 Å². The van der Waals surface area contributed by atoms with Crippen LogP contribution in [0, 0.1) is 6.92 Å². The minimum absolute atomic E-state index is 0. The maximum Gasteiger partial charge on any atom is 0.234 e. The average Bonchev–Trinajstić information content (AvgIpc) is 2.50. The highest BCUT2D eigenvalue weighted by Crippen LogP contribution is 2.10. The molecule has 0 aliphatic carbocycles. The first-order valence-corrected chi connectivity index (χ1v) is 8.73. The number of hydrogen-bond acceptors (Lipinski definition) is 4. The molecule has 0 radical (unpaired) electrons. The van der Waals surface area contributed by atoms with Crippen LogP contribution in [0.15, 0.2) is 24.3 Å². The molecule has 23 heavy (non-hydrogen) atoms. The van der Waals surface area contributed by atoms with Crippen LogP contribution >= 0.6 is 24.2 Å². The highest BCUT2D eigenvalue weighted by Gasteiger charge is 2.15. The van der Waals surface area contributed by atoms with Gasteiger partial charge in [0.05, 0.1) is 11.5 Å². The van der Waals surface area contributed by atoms with E-state index in [4.69, 9.17) is 0 Å². The Morgan fingerprint density at radius 2 is 1.74 bits per heavy atom. The molecule has 5 nitrogen and oxygen atoms in total. The van der Waals surface area contributed by atoms with Crippen molar-refractivity contribution in [1.82, 2.24) is 10.6 Å². The molecule has 1 aliphatic rings. The fraction of sp³-hybridized carbons (Fsp3) is 0.500. The number of thioether (sulfide) groups is 1. The smallest absolute Gasteiger partial charge is 0.234 e. The van der Waals surface area contributed by atoms with E-state index in [-0.39, 0.29) is 36.0 Å². The Morgan fingerprint density at radius 3 is 2.39 bits per heavy atom. The Labute approximate surface area is 147 Å². The van der Waals surface area contributed by atoms with Gasteiger partial charge in [0.15, 0.2) is 0 Å². The van der Waals surface area contributed by atoms with Gasteiger partial charge in [-0.25, -0.2) is 0 Å². The lowest BCUT2D eigenvalue weighted by molar-refractivity contribution is -0.119. The van der Waals surface area contributed by atoms with Crippen molar-refractivity contribution in [2.45, 2.75) is 25.8 Å². The molecule has 3 N–H and O–H groups in total. The summed E-state index contributed by atoms with van der Waals surface area (Å²) in [6.07, 6.45) is 1.95. The van der Waals surface area contributed by atoms with E-state index >= 15 is 0 Å². The molecule has 1 fully saturated rings. The first-order chi connectivity index (χ1) is 10.6. The zero-order chi connectivity index (χ0) is 15.8. The molecule has 2 amide bonds. The molecule has 0 bridgehead atoms. The molecule has 7 heteroatoms. The van der Waals surface area contributed by atoms with E-state index < -0.39 is 0 Å². The topological polar surface area (TPSA) is 70.2 Å². The molecular weight excluding hydrogens is 334 g/mol. The molecule has 0 aromatic heterocycles. The number of hydrogen-bond donors (Lipinski definition) is 3. The lowest BCUT2D eigenvalue weighted by atomic mass is 10.1. The standard InChI is InChI=1S/C16H23N3O2S.ClH/c1-12-2-4-13(5-3-12)18-15(20)10-22-11-16(21)19-14-6-8-17-9-7-14;/h2-5,14,17H,6-11H2,1H3,(H,18,20)(H,19,21);1H. The molecule has 0 atom stereocenters. The van der Waals surface area contributed by atoms with Crippen molar-refractivity contribution in [1.29, 1.82) is 0 Å². The van der Waals surface area contributed by atoms with Crippen molar-refractivity contribution in [2.75, 3.05) is 29.9 Å². The second-order valence-corrected chi connectivity index (χ2v) is 6.48. The maximum atomic E-state index is 11.8. The van der Waals surface area contributed by atoms with Crippen LogP contribution in [-0.2, 0) is 9.59 Å². The third-order valence-corrected chi connectivity index (χ3v) is 4.44. The Kier molecular flexibility index (Phi) is 9.06. The summed E-state index contributed by atoms with van der Waals surface area (Å²) in [7, 11) is 0. The molecule has 0 spiro atoms. The maximum absolute atomic E-state index is 11.8. The van der Waals surface area contributed by atoms with Gasteiger partial charge in [-0.15, -0.1) is 24.2 Å². The SMILES string of the molecule is Cc1ccc(NC(=O)CSCC(=O)NC2CCNCC2)cc1.Cl. The van der Waals surface area contributed by atoms with Gasteiger partial charge in [0.2, 0.25) is 11.8 Å². The van der Waals surface area contributed by atoms with Gasteiger partial charge >= 0.3 is 0 Å². The third-order valence-electron chi connectivity index (χ3n) is 3.51. The first-order valence-electron chi connectivity index (χ1n) is 7.58. The monoisotopic (exact) mass is 357 g/mol. The van der Waals surface area contributed by atoms with Gasteiger partial charge in [-0.3, -0.25) is 9.59 Å². The number of benzene rings is 1. The van der Waals surface area contributed by atoms with Crippen LogP contribution in [0.5, 0.6) is 0 Å². The van der Waals surface area contributed by atoms with Gasteiger partial charge in [0.1, 0.15) is 0 Å². The Morgan fingerprint density at radius 1 is 1.13 bits per heavy atom. The summed E-state index contributed by atoms with van der Waals surface area (Å²) in [6, 6.07) is 7.93. The van der Waals surface area contributed by atoms with E-state index in [0.717, 1.165) is 37.2 Å². The number of aryl methyl sites for hydroxylation is 1. The van der Waals surface area contributed by atoms with Crippen molar-refractivity contribution in [3.05, 3.63) is 29.8 Å². The first kappa shape index (κ1) is 19.8. The van der Waals surface area contributed by atoms with E-state index in [2.05, 4.69) is 16.0 Å². The summed E-state index contributed by atoms with van der Waals surface area (Å²) in [5, 5.41) is 9.10. The second-order valence-electron chi connectivity index (χ2n) is 5.50. The van der Waals surface area contributed by atoms with Gasteiger partial charge in [0.25, 0.3) is 0 Å². The number of carbonyl (C=O) groups excluding carboxylic acids is 2. The third kappa shape index (κ3) is 7.72. The Bertz CT molecular complexity index is 505. The largest absolute Gasteiger partial charge is 0.353 e. The minimum Gasteiger partial charge on any atom is -0.353 e. The molecule has 1 aromatic rings. The van der Waals surface area contributed by atoms with E-state index in [1.165, 1.54) is 11.8 Å². The zero-order valence-corrected chi connectivity index (χ0v) is 14.9. The molecule has 1 aliphatic heterocycles. The van der Waals surface area contributed by atoms with Gasteiger partial charge in [-0.1, -0.05) is 17.7 Å². The number of halogens is 1. The predicted molar refractivity (Wildman–Crippen MR) is 98.4 cm³/mol. The van der Waals surface area contributed by atoms with Crippen molar-refractivity contribution in [2.24, 2.45) is 0 Å². The summed E-state index contributed by atoms with van der Waals surface area (Å²) < 4.78 is 0. The highest BCUT2D eigenvalue weighted by atomic mass is 35.5. The van der Waals surface area contributed by atoms with Crippen LogP contribution in [0.4, 0.5) is 5.69 Å². The molecule has 2 rings (SSSR count). The number of nitrogens with one attached hydrogen (secondary N) is 3. The average molecular weight is 358 g/mol. The summed E-state index contributed by atoms with van der Waals surface area (Å²) >= 11 is 1.34. The fourth-order valence-electron chi connectivity index (χ4n) is 2.31. The van der Waals surface area contributed by atoms with Crippen LogP contribution in [0.1, 0.15) is 18.4 Å². The van der Waals surface area contributed by atoms with Gasteiger partial charge in [0, 0.05) is 11.7 Å². The van der Waals surface area contributed by atoms with Crippen molar-refractivity contribution >= 4 is 41.7 Å². The van der Waals surface area contributed by atoms with Crippen molar-refractivity contribution in [3.63, 3.8) is 0 Å². The Hall–Kier alpha value is -1.24. The molecule has 0 saturated carbocycles. The fourth-order valence-corrected chi connectivity index (χ4v) is 2.93. The van der Waals surface area contributed by atoms with Crippen molar-refractivity contribution < 1.29 is 9.59 Å². The number of amides is 2. The van der Waals surface area contributed by atoms with E-state index in [1.54, 1.807) is 0 Å². The molecular formula is C16H24ClN3O2S. The minimum atomic E-state index is -0.0801. The van der Waals surface area contributed by atoms with E-state index in [0.29, 0.717) is 5.75 Å². The van der Waals surface area contributed by atoms with Crippen molar-refractivity contribution in [3.8, 4) is 0 Å². The lowest BCUT2D eigenvalue weighted by Crippen LogP contribution is -2.43. The predicted octanol–water partition coefficient (Wildman–Crippen LogP) is 1.96. The summed E-state index contributed by atoms with van der Waals surface area (Å²) in [5.41, 5.74) is 1.94.